The number of benzene rings is 1. The number of hydrogen-bond donors (Lipinski definition) is 2. The molecule has 0 aliphatic heterocycles. The summed E-state index contributed by atoms with van der Waals surface area (Å²) in [6.45, 7) is 0. The van der Waals surface area contributed by atoms with E-state index in [1.54, 1.807) is 23.9 Å². The predicted molar refractivity (Wildman–Crippen MR) is 56.9 cm³/mol. The number of aromatic carboxylic acids is 1. The Morgan fingerprint density at radius 3 is 2.56 bits per heavy atom. The number of hydrogen-bond acceptors (Lipinski definition) is 3. The highest BCUT2D eigenvalue weighted by Crippen LogP contribution is 2.07. The second-order valence-electron chi connectivity index (χ2n) is 3.19. The minimum absolute atomic E-state index is 0.235. The van der Waals surface area contributed by atoms with Gasteiger partial charge in [0.15, 0.2) is 5.69 Å². The van der Waals surface area contributed by atoms with Crippen LogP contribution in [0.1, 0.15) is 10.4 Å². The van der Waals surface area contributed by atoms with Crippen molar-refractivity contribution < 1.29 is 14.7 Å². The van der Waals surface area contributed by atoms with Crippen molar-refractivity contribution in [2.45, 2.75) is 0 Å². The van der Waals surface area contributed by atoms with Crippen molar-refractivity contribution >= 4 is 18.2 Å². The first-order valence-corrected chi connectivity index (χ1v) is 4.88. The molecule has 6 nitrogen and oxygen atoms in total. The van der Waals surface area contributed by atoms with Crippen molar-refractivity contribution in [3.8, 4) is 5.69 Å². The summed E-state index contributed by atoms with van der Waals surface area (Å²) in [5.41, 5.74) is 0.974. The van der Waals surface area contributed by atoms with Gasteiger partial charge in [-0.05, 0) is 41.6 Å². The number of aryl methyl sites for hydroxylation is 1. The van der Waals surface area contributed by atoms with E-state index in [1.165, 1.54) is 16.9 Å². The van der Waals surface area contributed by atoms with Gasteiger partial charge in [0, 0.05) is 0 Å². The van der Waals surface area contributed by atoms with E-state index >= 15 is 0 Å². The van der Waals surface area contributed by atoms with Gasteiger partial charge in [0.1, 0.15) is 7.05 Å². The smallest absolute Gasteiger partial charge is 0.352 e. The average molecular weight is 237 g/mol. The molecule has 0 aliphatic carbocycles. The molecule has 1 aromatic heterocycles. The van der Waals surface area contributed by atoms with Gasteiger partial charge in [0.05, 0.1) is 5.56 Å². The first-order chi connectivity index (χ1) is 7.58. The van der Waals surface area contributed by atoms with E-state index in [2.05, 4.69) is 10.3 Å². The molecule has 0 amide bonds. The number of nitrogens with one attached hydrogen (secondary N) is 1. The van der Waals surface area contributed by atoms with Gasteiger partial charge in [0.2, 0.25) is 0 Å². The topological polar surface area (TPSA) is 74.8 Å². The summed E-state index contributed by atoms with van der Waals surface area (Å²) in [5, 5.41) is 15.6. The Bertz CT molecular complexity index is 584. The molecule has 0 saturated heterocycles. The van der Waals surface area contributed by atoms with Gasteiger partial charge in [-0.2, -0.15) is 0 Å². The maximum atomic E-state index is 10.7. The van der Waals surface area contributed by atoms with Crippen molar-refractivity contribution in [2.75, 3.05) is 0 Å². The Hall–Kier alpha value is -2.02. The molecule has 0 radical (unpaired) electrons. The highest BCUT2D eigenvalue weighted by Gasteiger charge is 2.10. The molecule has 2 rings (SSSR count). The lowest BCUT2D eigenvalue weighted by molar-refractivity contribution is -0.785. The number of nitrogens with zero attached hydrogens (tertiary/aromatic N) is 3. The van der Waals surface area contributed by atoms with Gasteiger partial charge >= 0.3 is 10.7 Å². The number of carboxylic acids is 1. The lowest BCUT2D eigenvalue weighted by atomic mass is 10.2. The van der Waals surface area contributed by atoms with Crippen LogP contribution in [0.15, 0.2) is 24.3 Å². The number of aromatic nitrogens is 4. The zero-order valence-electron chi connectivity index (χ0n) is 8.41. The van der Waals surface area contributed by atoms with Crippen LogP contribution in [0.3, 0.4) is 0 Å². The average Bonchev–Trinajstić information content (AvgIpc) is 2.58. The highest BCUT2D eigenvalue weighted by atomic mass is 32.1. The normalized spacial score (nSPS) is 10.3. The summed E-state index contributed by atoms with van der Waals surface area (Å²) in [6.07, 6.45) is 0. The molecule has 0 atom stereocenters. The molecule has 0 unspecified atom stereocenters. The Labute approximate surface area is 95.7 Å². The van der Waals surface area contributed by atoms with Crippen LogP contribution in [0.4, 0.5) is 0 Å². The van der Waals surface area contributed by atoms with E-state index in [1.807, 2.05) is 0 Å². The van der Waals surface area contributed by atoms with E-state index in [9.17, 15) is 4.79 Å². The monoisotopic (exact) mass is 237 g/mol. The fraction of sp³-hybridized carbons (Fsp3) is 0.111. The maximum absolute atomic E-state index is 10.7. The molecule has 0 bridgehead atoms. The minimum atomic E-state index is -0.953. The first-order valence-electron chi connectivity index (χ1n) is 4.47. The SMILES string of the molecule is C[n+]1nc(=S)n(-c2ccc(C(=O)O)cc2)[nH]1. The molecule has 7 heteroatoms. The Morgan fingerprint density at radius 1 is 1.50 bits per heavy atom. The zero-order valence-corrected chi connectivity index (χ0v) is 9.23. The molecule has 0 saturated carbocycles. The third-order valence-electron chi connectivity index (χ3n) is 2.04. The number of carboxylic acid groups (broad SMARTS) is 1. The second kappa shape index (κ2) is 3.86. The number of rotatable bonds is 2. The number of aromatic amines is 1. The quantitative estimate of drug-likeness (QED) is 0.587. The number of H-pyrrole nitrogens is 1. The van der Waals surface area contributed by atoms with Gasteiger partial charge in [0.25, 0.3) is 0 Å². The molecular weight excluding hydrogens is 228 g/mol. The van der Waals surface area contributed by atoms with Gasteiger partial charge in [-0.15, -0.1) is 0 Å². The van der Waals surface area contributed by atoms with Crippen LogP contribution in [0.2, 0.25) is 0 Å². The van der Waals surface area contributed by atoms with Crippen LogP contribution in [0, 0.1) is 4.77 Å². The van der Waals surface area contributed by atoms with Crippen LogP contribution in [0.25, 0.3) is 5.69 Å². The Balaban J connectivity index is 2.46. The standard InChI is InChI=1S/C9H8N4O2S/c1-12-10-9(16)13(11-12)7-4-2-6(3-5-7)8(14)15/h2-5H,1H3,(H-,10,11,14,15,16)/p+1. The van der Waals surface area contributed by atoms with Crippen molar-refractivity contribution in [3.05, 3.63) is 34.6 Å². The molecule has 1 heterocycles. The van der Waals surface area contributed by atoms with Gasteiger partial charge in [-0.25, -0.2) is 4.79 Å². The molecule has 0 spiro atoms. The van der Waals surface area contributed by atoms with E-state index in [-0.39, 0.29) is 5.56 Å². The zero-order chi connectivity index (χ0) is 11.7. The van der Waals surface area contributed by atoms with Crippen molar-refractivity contribution in [1.82, 2.24) is 15.0 Å². The third kappa shape index (κ3) is 1.84. The van der Waals surface area contributed by atoms with E-state index in [0.29, 0.717) is 4.77 Å². The van der Waals surface area contributed by atoms with Gasteiger partial charge in [-0.1, -0.05) is 14.7 Å². The van der Waals surface area contributed by atoms with Crippen molar-refractivity contribution in [3.63, 3.8) is 0 Å². The summed E-state index contributed by atoms with van der Waals surface area (Å²) in [7, 11) is 1.72. The lowest BCUT2D eigenvalue weighted by Crippen LogP contribution is -2.34. The molecule has 2 N–H and O–H groups in total. The largest absolute Gasteiger partial charge is 0.478 e. The molecular formula is C9H9N4O2S+. The number of carbonyl (C=O) groups is 1. The Morgan fingerprint density at radius 2 is 2.12 bits per heavy atom. The molecule has 82 valence electrons. The van der Waals surface area contributed by atoms with E-state index in [4.69, 9.17) is 17.3 Å². The summed E-state index contributed by atoms with van der Waals surface area (Å²) in [6, 6.07) is 6.36. The van der Waals surface area contributed by atoms with Gasteiger partial charge in [-0.3, -0.25) is 0 Å². The fourth-order valence-electron chi connectivity index (χ4n) is 1.30. The fourth-order valence-corrected chi connectivity index (χ4v) is 1.57. The summed E-state index contributed by atoms with van der Waals surface area (Å²) in [5.74, 6) is -0.953. The molecule has 2 aromatic rings. The lowest BCUT2D eigenvalue weighted by Gasteiger charge is -1.95. The molecule has 16 heavy (non-hydrogen) atoms. The van der Waals surface area contributed by atoms with Crippen LogP contribution in [-0.4, -0.2) is 26.1 Å². The molecule has 0 fully saturated rings. The molecule has 0 aliphatic rings. The van der Waals surface area contributed by atoms with Crippen LogP contribution in [0.5, 0.6) is 0 Å². The van der Waals surface area contributed by atoms with Crippen molar-refractivity contribution in [2.24, 2.45) is 7.05 Å². The first kappa shape index (κ1) is 10.5. The minimum Gasteiger partial charge on any atom is -0.478 e. The summed E-state index contributed by atoms with van der Waals surface area (Å²) < 4.78 is 1.96. The molecule has 1 aromatic carbocycles. The third-order valence-corrected chi connectivity index (χ3v) is 2.31. The number of tetrazole rings is 1. The van der Waals surface area contributed by atoms with Crippen LogP contribution >= 0.6 is 12.2 Å². The second-order valence-corrected chi connectivity index (χ2v) is 3.56. The maximum Gasteiger partial charge on any atom is 0.352 e. The predicted octanol–water partition coefficient (Wildman–Crippen LogP) is 0.453. The van der Waals surface area contributed by atoms with E-state index in [0.717, 1.165) is 5.69 Å². The Kier molecular flexibility index (Phi) is 2.53. The van der Waals surface area contributed by atoms with Gasteiger partial charge < -0.3 is 5.11 Å². The summed E-state index contributed by atoms with van der Waals surface area (Å²) in [4.78, 5) is 12.1. The highest BCUT2D eigenvalue weighted by molar-refractivity contribution is 7.71. The van der Waals surface area contributed by atoms with Crippen molar-refractivity contribution in [1.29, 1.82) is 0 Å². The van der Waals surface area contributed by atoms with Crippen LogP contribution in [-0.2, 0) is 7.05 Å². The van der Waals surface area contributed by atoms with E-state index < -0.39 is 5.97 Å². The summed E-state index contributed by atoms with van der Waals surface area (Å²) >= 11 is 5.02. The van der Waals surface area contributed by atoms with Crippen LogP contribution < -0.4 is 4.80 Å².